The van der Waals surface area contributed by atoms with Crippen LogP contribution in [0.4, 0.5) is 5.69 Å². The second-order valence-corrected chi connectivity index (χ2v) is 7.74. The fraction of sp³-hybridized carbons (Fsp3) is 0.615. The molecule has 0 radical (unpaired) electrons. The normalized spacial score (nSPS) is 23.5. The van der Waals surface area contributed by atoms with Gasteiger partial charge in [-0.15, -0.1) is 0 Å². The number of carbonyl (C=O) groups excluding carboxylic acids is 1. The Kier molecular flexibility index (Phi) is 4.08. The lowest BCUT2D eigenvalue weighted by Gasteiger charge is -2.27. The molecule has 2 atom stereocenters. The van der Waals surface area contributed by atoms with Crippen LogP contribution in [0.3, 0.4) is 0 Å². The molecule has 20 heavy (non-hydrogen) atoms. The lowest BCUT2D eigenvalue weighted by molar-refractivity contribution is 0.0204. The first-order chi connectivity index (χ1) is 9.27. The summed E-state index contributed by atoms with van der Waals surface area (Å²) in [4.78, 5) is 12.1. The van der Waals surface area contributed by atoms with Crippen LogP contribution in [0, 0.1) is 0 Å². The molecule has 6 nitrogen and oxygen atoms in total. The summed E-state index contributed by atoms with van der Waals surface area (Å²) in [5.41, 5.74) is 6.50. The molecule has 112 valence electrons. The van der Waals surface area contributed by atoms with Crippen molar-refractivity contribution in [3.63, 3.8) is 0 Å². The molecule has 0 aliphatic heterocycles. The van der Waals surface area contributed by atoms with Gasteiger partial charge < -0.3 is 15.0 Å². The summed E-state index contributed by atoms with van der Waals surface area (Å²) in [6, 6.07) is 1.55. The van der Waals surface area contributed by atoms with E-state index in [1.54, 1.807) is 23.9 Å². The maximum atomic E-state index is 12.1. The topological polar surface area (TPSA) is 91.4 Å². The number of nitrogen functional groups attached to an aromatic ring is 1. The number of aromatic nitrogens is 1. The Morgan fingerprint density at radius 1 is 1.45 bits per heavy atom. The van der Waals surface area contributed by atoms with Crippen molar-refractivity contribution in [2.24, 2.45) is 7.05 Å². The third kappa shape index (κ3) is 3.33. The number of aryl methyl sites for hydroxylation is 1. The molecule has 7 heteroatoms. The average Bonchev–Trinajstić information content (AvgIpc) is 2.68. The van der Waals surface area contributed by atoms with Gasteiger partial charge in [-0.25, -0.2) is 13.2 Å². The van der Waals surface area contributed by atoms with Crippen molar-refractivity contribution in [2.45, 2.75) is 37.0 Å². The van der Waals surface area contributed by atoms with E-state index in [1.807, 2.05) is 0 Å². The minimum Gasteiger partial charge on any atom is -0.458 e. The smallest absolute Gasteiger partial charge is 0.355 e. The minimum absolute atomic E-state index is 0.341. The number of sulfone groups is 1. The van der Waals surface area contributed by atoms with Gasteiger partial charge in [0.1, 0.15) is 21.6 Å². The van der Waals surface area contributed by atoms with Crippen LogP contribution >= 0.6 is 0 Å². The Morgan fingerprint density at radius 2 is 2.15 bits per heavy atom. The van der Waals surface area contributed by atoms with E-state index in [-0.39, 0.29) is 6.10 Å². The van der Waals surface area contributed by atoms with E-state index in [4.69, 9.17) is 10.5 Å². The van der Waals surface area contributed by atoms with E-state index in [0.717, 1.165) is 6.42 Å². The van der Waals surface area contributed by atoms with E-state index in [9.17, 15) is 13.2 Å². The number of hydrogen-bond donors (Lipinski definition) is 1. The van der Waals surface area contributed by atoms with E-state index in [0.29, 0.717) is 30.6 Å². The molecular formula is C13H20N2O4S. The second-order valence-electron chi connectivity index (χ2n) is 5.42. The summed E-state index contributed by atoms with van der Waals surface area (Å²) in [7, 11) is -1.36. The first-order valence-corrected chi connectivity index (χ1v) is 8.54. The van der Waals surface area contributed by atoms with Crippen LogP contribution in [0.15, 0.2) is 12.3 Å². The number of nitrogens with zero attached hydrogens (tertiary/aromatic N) is 1. The molecule has 1 fully saturated rings. The van der Waals surface area contributed by atoms with Crippen LogP contribution in [0.5, 0.6) is 0 Å². The monoisotopic (exact) mass is 300 g/mol. The van der Waals surface area contributed by atoms with Gasteiger partial charge in [0.05, 0.1) is 10.9 Å². The largest absolute Gasteiger partial charge is 0.458 e. The fourth-order valence-corrected chi connectivity index (χ4v) is 3.76. The van der Waals surface area contributed by atoms with Gasteiger partial charge >= 0.3 is 5.97 Å². The van der Waals surface area contributed by atoms with Crippen LogP contribution in [-0.4, -0.2) is 36.6 Å². The van der Waals surface area contributed by atoms with Crippen molar-refractivity contribution in [1.82, 2.24) is 4.57 Å². The molecule has 1 aliphatic rings. The molecule has 2 N–H and O–H groups in total. The highest BCUT2D eigenvalue weighted by Crippen LogP contribution is 2.26. The van der Waals surface area contributed by atoms with E-state index in [2.05, 4.69) is 0 Å². The van der Waals surface area contributed by atoms with Crippen LogP contribution in [-0.2, 0) is 21.6 Å². The van der Waals surface area contributed by atoms with Crippen molar-refractivity contribution >= 4 is 21.5 Å². The van der Waals surface area contributed by atoms with Crippen LogP contribution in [0.25, 0.3) is 0 Å². The standard InChI is InChI=1S/C13H20N2O4S/c1-15-8-9(14)6-12(15)13(16)19-10-4-3-5-11(7-10)20(2,17)18/h6,8,10-11H,3-5,7,14H2,1-2H3. The van der Waals surface area contributed by atoms with Gasteiger partial charge in [-0.2, -0.15) is 0 Å². The highest BCUT2D eigenvalue weighted by Gasteiger charge is 2.31. The summed E-state index contributed by atoms with van der Waals surface area (Å²) >= 11 is 0. The number of nitrogens with two attached hydrogens (primary N) is 1. The zero-order valence-corrected chi connectivity index (χ0v) is 12.5. The van der Waals surface area contributed by atoms with Crippen molar-refractivity contribution in [1.29, 1.82) is 0 Å². The number of ether oxygens (including phenoxy) is 1. The molecule has 1 aliphatic carbocycles. The van der Waals surface area contributed by atoms with E-state index < -0.39 is 21.1 Å². The van der Waals surface area contributed by atoms with Crippen LogP contribution in [0.2, 0.25) is 0 Å². The zero-order chi connectivity index (χ0) is 14.9. The second kappa shape index (κ2) is 5.47. The molecule has 0 aromatic carbocycles. The molecule has 0 bridgehead atoms. The summed E-state index contributed by atoms with van der Waals surface area (Å²) in [6.07, 6.45) is 5.01. The Labute approximate surface area is 118 Å². The van der Waals surface area contributed by atoms with Gasteiger partial charge in [0.25, 0.3) is 0 Å². The number of hydrogen-bond acceptors (Lipinski definition) is 5. The molecule has 1 aromatic heterocycles. The molecule has 0 saturated heterocycles. The van der Waals surface area contributed by atoms with Gasteiger partial charge in [-0.3, -0.25) is 0 Å². The third-order valence-corrected chi connectivity index (χ3v) is 5.33. The average molecular weight is 300 g/mol. The zero-order valence-electron chi connectivity index (χ0n) is 11.7. The Morgan fingerprint density at radius 3 is 2.70 bits per heavy atom. The first-order valence-electron chi connectivity index (χ1n) is 6.59. The molecule has 1 aromatic rings. The van der Waals surface area contributed by atoms with Crippen molar-refractivity contribution in [3.8, 4) is 0 Å². The quantitative estimate of drug-likeness (QED) is 0.845. The molecule has 0 amide bonds. The molecule has 1 saturated carbocycles. The molecule has 0 spiro atoms. The summed E-state index contributed by atoms with van der Waals surface area (Å²) in [6.45, 7) is 0. The highest BCUT2D eigenvalue weighted by atomic mass is 32.2. The number of esters is 1. The Bertz CT molecular complexity index is 606. The maximum absolute atomic E-state index is 12.1. The SMILES string of the molecule is Cn1cc(N)cc1C(=O)OC1CCCC(S(C)(=O)=O)C1. The predicted octanol–water partition coefficient (Wildman–Crippen LogP) is 1.12. The predicted molar refractivity (Wildman–Crippen MR) is 76.1 cm³/mol. The number of anilines is 1. The molecule has 2 unspecified atom stereocenters. The summed E-state index contributed by atoms with van der Waals surface area (Å²) in [5, 5.41) is -0.410. The van der Waals surface area contributed by atoms with E-state index >= 15 is 0 Å². The van der Waals surface area contributed by atoms with Crippen molar-refractivity contribution < 1.29 is 17.9 Å². The molecule has 2 rings (SSSR count). The fourth-order valence-electron chi connectivity index (χ4n) is 2.60. The summed E-state index contributed by atoms with van der Waals surface area (Å²) < 4.78 is 30.2. The first kappa shape index (κ1) is 14.9. The van der Waals surface area contributed by atoms with Gasteiger partial charge in [-0.05, 0) is 25.3 Å². The van der Waals surface area contributed by atoms with Crippen LogP contribution in [0.1, 0.15) is 36.2 Å². The number of carbonyl (C=O) groups is 1. The maximum Gasteiger partial charge on any atom is 0.355 e. The minimum atomic E-state index is -3.08. The van der Waals surface area contributed by atoms with Crippen LogP contribution < -0.4 is 5.73 Å². The molecular weight excluding hydrogens is 280 g/mol. The van der Waals surface area contributed by atoms with Gasteiger partial charge in [0.15, 0.2) is 0 Å². The molecule has 1 heterocycles. The van der Waals surface area contributed by atoms with Gasteiger partial charge in [0.2, 0.25) is 0 Å². The Balaban J connectivity index is 2.03. The summed E-state index contributed by atoms with van der Waals surface area (Å²) in [5.74, 6) is -0.455. The van der Waals surface area contributed by atoms with Crippen molar-refractivity contribution in [2.75, 3.05) is 12.0 Å². The lowest BCUT2D eigenvalue weighted by Crippen LogP contribution is -2.33. The Hall–Kier alpha value is -1.50. The lowest BCUT2D eigenvalue weighted by atomic mass is 9.97. The van der Waals surface area contributed by atoms with Gasteiger partial charge in [-0.1, -0.05) is 0 Å². The van der Waals surface area contributed by atoms with Crippen molar-refractivity contribution in [3.05, 3.63) is 18.0 Å². The number of rotatable bonds is 3. The highest BCUT2D eigenvalue weighted by molar-refractivity contribution is 7.91. The van der Waals surface area contributed by atoms with Gasteiger partial charge in [0, 0.05) is 25.9 Å². The third-order valence-electron chi connectivity index (χ3n) is 3.69. The van der Waals surface area contributed by atoms with E-state index in [1.165, 1.54) is 6.26 Å².